The predicted octanol–water partition coefficient (Wildman–Crippen LogP) is 4.00. The molecule has 0 spiro atoms. The number of hydrogen-bond acceptors (Lipinski definition) is 3. The molecule has 5 heteroatoms. The van der Waals surface area contributed by atoms with Gasteiger partial charge in [-0.05, 0) is 24.5 Å². The number of aliphatic hydroxyl groups excluding tert-OH is 1. The fourth-order valence-electron chi connectivity index (χ4n) is 1.93. The van der Waals surface area contributed by atoms with Crippen molar-refractivity contribution in [1.82, 2.24) is 9.78 Å². The lowest BCUT2D eigenvalue weighted by Crippen LogP contribution is -2.09. The lowest BCUT2D eigenvalue weighted by atomic mass is 9.95. The molecule has 1 unspecified atom stereocenters. The molecule has 104 valence electrons. The lowest BCUT2D eigenvalue weighted by Gasteiger charge is -2.16. The number of nitrogens with zero attached hydrogens (tertiary/aromatic N) is 2. The molecular formula is C14H19ClN2OS. The summed E-state index contributed by atoms with van der Waals surface area (Å²) in [6.07, 6.45) is 0.873. The molecule has 19 heavy (non-hydrogen) atoms. The van der Waals surface area contributed by atoms with Crippen LogP contribution in [0.2, 0.25) is 5.02 Å². The molecule has 0 aliphatic heterocycles. The Labute approximate surface area is 122 Å². The number of halogens is 1. The second kappa shape index (κ2) is 5.27. The number of aliphatic hydroxyl groups is 1. The molecule has 0 aliphatic rings. The molecule has 2 rings (SSSR count). The van der Waals surface area contributed by atoms with E-state index in [9.17, 15) is 5.11 Å². The van der Waals surface area contributed by atoms with Crippen molar-refractivity contribution in [3.8, 4) is 0 Å². The van der Waals surface area contributed by atoms with Gasteiger partial charge in [0.05, 0.1) is 16.9 Å². The highest BCUT2D eigenvalue weighted by atomic mass is 35.5. The molecule has 0 aliphatic carbocycles. The highest BCUT2D eigenvalue weighted by Gasteiger charge is 2.23. The Morgan fingerprint density at radius 1 is 1.42 bits per heavy atom. The minimum absolute atomic E-state index is 0.0947. The third-order valence-corrected chi connectivity index (χ3v) is 4.88. The zero-order chi connectivity index (χ0) is 14.2. The average Bonchev–Trinajstić information content (AvgIpc) is 2.93. The van der Waals surface area contributed by atoms with Gasteiger partial charge in [0.15, 0.2) is 0 Å². The van der Waals surface area contributed by atoms with E-state index in [-0.39, 0.29) is 5.41 Å². The van der Waals surface area contributed by atoms with Crippen molar-refractivity contribution in [2.24, 2.45) is 0 Å². The van der Waals surface area contributed by atoms with Gasteiger partial charge in [-0.15, -0.1) is 11.3 Å². The number of hydrogen-bond donors (Lipinski definition) is 1. The molecule has 0 bridgehead atoms. The van der Waals surface area contributed by atoms with Crippen LogP contribution in [0.4, 0.5) is 0 Å². The molecule has 0 saturated carbocycles. The normalized spacial score (nSPS) is 13.8. The van der Waals surface area contributed by atoms with Crippen molar-refractivity contribution in [2.45, 2.75) is 45.8 Å². The van der Waals surface area contributed by atoms with Crippen LogP contribution in [0.5, 0.6) is 0 Å². The fraction of sp³-hybridized carbons (Fsp3) is 0.500. The van der Waals surface area contributed by atoms with E-state index in [4.69, 9.17) is 11.6 Å². The Hall–Kier alpha value is -0.840. The van der Waals surface area contributed by atoms with E-state index in [1.807, 2.05) is 13.0 Å². The Balaban J connectivity index is 2.36. The topological polar surface area (TPSA) is 38.0 Å². The second-order valence-corrected chi connectivity index (χ2v) is 7.07. The minimum Gasteiger partial charge on any atom is -0.381 e. The summed E-state index contributed by atoms with van der Waals surface area (Å²) in [6, 6.07) is 4.04. The second-order valence-electron chi connectivity index (χ2n) is 5.55. The number of thiophene rings is 1. The monoisotopic (exact) mass is 298 g/mol. The van der Waals surface area contributed by atoms with Crippen molar-refractivity contribution in [3.63, 3.8) is 0 Å². The van der Waals surface area contributed by atoms with Crippen molar-refractivity contribution < 1.29 is 5.11 Å². The predicted molar refractivity (Wildman–Crippen MR) is 80.0 cm³/mol. The standard InChI is InChI=1S/C14H19ClN2OS/c1-5-17-12(9(15)8-16-17)13(18)10-6-7-11(19-10)14(2,3)4/h6-8,13,18H,5H2,1-4H3. The van der Waals surface area contributed by atoms with Gasteiger partial charge in [0.2, 0.25) is 0 Å². The number of aromatic nitrogens is 2. The summed E-state index contributed by atoms with van der Waals surface area (Å²) in [5.74, 6) is 0. The molecule has 0 aromatic carbocycles. The smallest absolute Gasteiger partial charge is 0.131 e. The summed E-state index contributed by atoms with van der Waals surface area (Å²) in [5, 5.41) is 15.2. The summed E-state index contributed by atoms with van der Waals surface area (Å²) in [4.78, 5) is 2.15. The van der Waals surface area contributed by atoms with E-state index in [1.165, 1.54) is 4.88 Å². The van der Waals surface area contributed by atoms with Crippen LogP contribution < -0.4 is 0 Å². The lowest BCUT2D eigenvalue weighted by molar-refractivity contribution is 0.212. The minimum atomic E-state index is -0.712. The molecule has 2 aromatic heterocycles. The summed E-state index contributed by atoms with van der Waals surface area (Å²) in [6.45, 7) is 9.17. The van der Waals surface area contributed by atoms with E-state index < -0.39 is 6.10 Å². The molecule has 2 heterocycles. The van der Waals surface area contributed by atoms with Gasteiger partial charge >= 0.3 is 0 Å². The van der Waals surface area contributed by atoms with Gasteiger partial charge in [-0.1, -0.05) is 32.4 Å². The first-order valence-corrected chi connectivity index (χ1v) is 7.53. The quantitative estimate of drug-likeness (QED) is 0.930. The molecule has 2 aromatic rings. The highest BCUT2D eigenvalue weighted by molar-refractivity contribution is 7.12. The highest BCUT2D eigenvalue weighted by Crippen LogP contribution is 2.36. The molecular weight excluding hydrogens is 280 g/mol. The SMILES string of the molecule is CCn1ncc(Cl)c1C(O)c1ccc(C(C)(C)C)s1. The largest absolute Gasteiger partial charge is 0.381 e. The maximum Gasteiger partial charge on any atom is 0.131 e. The zero-order valence-electron chi connectivity index (χ0n) is 11.6. The summed E-state index contributed by atoms with van der Waals surface area (Å²) >= 11 is 7.75. The average molecular weight is 299 g/mol. The molecule has 0 fully saturated rings. The number of aryl methyl sites for hydroxylation is 1. The van der Waals surface area contributed by atoms with Crippen LogP contribution in [-0.2, 0) is 12.0 Å². The summed E-state index contributed by atoms with van der Waals surface area (Å²) in [7, 11) is 0. The molecule has 1 N–H and O–H groups in total. The van der Waals surface area contributed by atoms with E-state index in [0.717, 1.165) is 4.88 Å². The molecule has 0 radical (unpaired) electrons. The Morgan fingerprint density at radius 2 is 2.11 bits per heavy atom. The van der Waals surface area contributed by atoms with E-state index in [2.05, 4.69) is 31.9 Å². The van der Waals surface area contributed by atoms with E-state index >= 15 is 0 Å². The van der Waals surface area contributed by atoms with Gasteiger partial charge in [-0.25, -0.2) is 0 Å². The first-order chi connectivity index (χ1) is 8.84. The summed E-state index contributed by atoms with van der Waals surface area (Å²) < 4.78 is 1.74. The van der Waals surface area contributed by atoms with Gasteiger partial charge < -0.3 is 5.11 Å². The first-order valence-electron chi connectivity index (χ1n) is 6.34. The Morgan fingerprint density at radius 3 is 2.63 bits per heavy atom. The van der Waals surface area contributed by atoms with Crippen LogP contribution in [0.15, 0.2) is 18.3 Å². The molecule has 0 amide bonds. The fourth-order valence-corrected chi connectivity index (χ4v) is 3.23. The number of rotatable bonds is 3. The zero-order valence-corrected chi connectivity index (χ0v) is 13.2. The summed E-state index contributed by atoms with van der Waals surface area (Å²) in [5.41, 5.74) is 0.767. The van der Waals surface area contributed by atoms with E-state index in [1.54, 1.807) is 22.2 Å². The molecule has 0 saturated heterocycles. The van der Waals surface area contributed by atoms with Crippen molar-refractivity contribution in [2.75, 3.05) is 0 Å². The van der Waals surface area contributed by atoms with Gasteiger partial charge in [-0.3, -0.25) is 4.68 Å². The van der Waals surface area contributed by atoms with Crippen molar-refractivity contribution >= 4 is 22.9 Å². The van der Waals surface area contributed by atoms with Gasteiger partial charge in [-0.2, -0.15) is 5.10 Å². The van der Waals surface area contributed by atoms with Crippen LogP contribution in [0.1, 0.15) is 49.2 Å². The molecule has 1 atom stereocenters. The van der Waals surface area contributed by atoms with Crippen molar-refractivity contribution in [3.05, 3.63) is 38.8 Å². The molecule has 3 nitrogen and oxygen atoms in total. The first kappa shape index (κ1) is 14.6. The van der Waals surface area contributed by atoms with Gasteiger partial charge in [0, 0.05) is 16.3 Å². The van der Waals surface area contributed by atoms with E-state index in [0.29, 0.717) is 17.3 Å². The Bertz CT molecular complexity index is 568. The van der Waals surface area contributed by atoms with Crippen LogP contribution >= 0.6 is 22.9 Å². The van der Waals surface area contributed by atoms with Crippen LogP contribution in [-0.4, -0.2) is 14.9 Å². The van der Waals surface area contributed by atoms with Gasteiger partial charge in [0.1, 0.15) is 6.10 Å². The van der Waals surface area contributed by atoms with Gasteiger partial charge in [0.25, 0.3) is 0 Å². The van der Waals surface area contributed by atoms with Crippen molar-refractivity contribution in [1.29, 1.82) is 0 Å². The Kier molecular flexibility index (Phi) is 4.04. The van der Waals surface area contributed by atoms with Crippen LogP contribution in [0.3, 0.4) is 0 Å². The maximum absolute atomic E-state index is 10.5. The third kappa shape index (κ3) is 2.86. The third-order valence-electron chi connectivity index (χ3n) is 3.03. The maximum atomic E-state index is 10.5. The van der Waals surface area contributed by atoms with Crippen LogP contribution in [0.25, 0.3) is 0 Å². The van der Waals surface area contributed by atoms with Crippen LogP contribution in [0, 0.1) is 0 Å².